The maximum Gasteiger partial charge on any atom is 0.251 e. The molecule has 180 valence electrons. The smallest absolute Gasteiger partial charge is 0.251 e. The van der Waals surface area contributed by atoms with Crippen LogP contribution in [-0.2, 0) is 15.9 Å². The summed E-state index contributed by atoms with van der Waals surface area (Å²) in [5.74, 6) is 1.80. The summed E-state index contributed by atoms with van der Waals surface area (Å²) in [6, 6.07) is 12.6. The molecule has 4 rings (SSSR count). The predicted molar refractivity (Wildman–Crippen MR) is 132 cm³/mol. The molecule has 0 unspecified atom stereocenters. The minimum absolute atomic E-state index is 0.0220. The van der Waals surface area contributed by atoms with Crippen molar-refractivity contribution in [2.75, 3.05) is 56.4 Å². The molecule has 0 aliphatic carbocycles. The van der Waals surface area contributed by atoms with Crippen LogP contribution in [0.2, 0.25) is 0 Å². The third-order valence-electron chi connectivity index (χ3n) is 6.51. The first-order chi connectivity index (χ1) is 16.1. The van der Waals surface area contributed by atoms with Crippen molar-refractivity contribution >= 4 is 11.5 Å². The van der Waals surface area contributed by atoms with Gasteiger partial charge in [0.05, 0.1) is 19.8 Å². The van der Waals surface area contributed by atoms with Gasteiger partial charge in [-0.3, -0.25) is 4.79 Å². The van der Waals surface area contributed by atoms with E-state index in [1.807, 2.05) is 19.1 Å². The van der Waals surface area contributed by atoms with Crippen LogP contribution in [0.4, 0.5) is 11.5 Å². The highest BCUT2D eigenvalue weighted by Gasteiger charge is 2.24. The number of nitrogens with one attached hydrogen (secondary N) is 1. The molecular formula is C26H37N3O4. The summed E-state index contributed by atoms with van der Waals surface area (Å²) >= 11 is 0. The van der Waals surface area contributed by atoms with Gasteiger partial charge in [0.2, 0.25) is 0 Å². The molecule has 2 saturated heterocycles. The van der Waals surface area contributed by atoms with E-state index >= 15 is 0 Å². The van der Waals surface area contributed by atoms with Gasteiger partial charge in [-0.05, 0) is 43.9 Å². The van der Waals surface area contributed by atoms with Gasteiger partial charge in [-0.15, -0.1) is 0 Å². The number of ether oxygens (including phenoxy) is 3. The quantitative estimate of drug-likeness (QED) is 0.656. The van der Waals surface area contributed by atoms with Crippen LogP contribution < -0.4 is 20.1 Å². The number of benzene rings is 1. The highest BCUT2D eigenvalue weighted by molar-refractivity contribution is 5.56. The summed E-state index contributed by atoms with van der Waals surface area (Å²) in [5, 5.41) is 0. The Morgan fingerprint density at radius 3 is 2.64 bits per heavy atom. The molecule has 2 aliphatic rings. The summed E-state index contributed by atoms with van der Waals surface area (Å²) in [7, 11) is 1.69. The van der Waals surface area contributed by atoms with Crippen molar-refractivity contribution in [3.8, 4) is 5.75 Å². The Morgan fingerprint density at radius 2 is 1.88 bits per heavy atom. The summed E-state index contributed by atoms with van der Waals surface area (Å²) in [6.07, 6.45) is 5.66. The second-order valence-electron chi connectivity index (χ2n) is 9.12. The van der Waals surface area contributed by atoms with Crippen molar-refractivity contribution in [2.45, 2.75) is 51.2 Å². The first-order valence-electron chi connectivity index (χ1n) is 12.2. The molecule has 0 saturated carbocycles. The van der Waals surface area contributed by atoms with Gasteiger partial charge < -0.3 is 29.0 Å². The van der Waals surface area contributed by atoms with Crippen LogP contribution in [0.15, 0.2) is 41.2 Å². The molecule has 0 amide bonds. The van der Waals surface area contributed by atoms with Crippen molar-refractivity contribution in [3.05, 3.63) is 52.3 Å². The number of H-pyrrole nitrogens is 1. The lowest BCUT2D eigenvalue weighted by atomic mass is 10.0. The average Bonchev–Trinajstić information content (AvgIpc) is 3.06. The number of methoxy groups -OCH3 is 1. The number of morpholine rings is 1. The molecule has 1 N–H and O–H groups in total. The molecule has 3 heterocycles. The minimum atomic E-state index is -0.0383. The van der Waals surface area contributed by atoms with Crippen molar-refractivity contribution in [1.29, 1.82) is 0 Å². The lowest BCUT2D eigenvalue weighted by Crippen LogP contribution is -2.39. The van der Waals surface area contributed by atoms with Crippen LogP contribution >= 0.6 is 0 Å². The van der Waals surface area contributed by atoms with Gasteiger partial charge >= 0.3 is 0 Å². The van der Waals surface area contributed by atoms with Crippen molar-refractivity contribution in [2.24, 2.45) is 0 Å². The standard InChI is InChI=1S/C26H37N3O4/c1-20(19-31-2)33-24-9-7-21(8-10-24)16-22-6-4-3-5-11-29(22)25-17-23(18-26(30)27-25)28-12-14-32-15-13-28/h7-10,17-18,20,22H,3-6,11-16,19H2,1-2H3,(H,27,30)/t20-,22-/m1/s1. The SMILES string of the molecule is COC[C@@H](C)Oc1ccc(C[C@H]2CCCCCN2c2cc(N3CCOCC3)cc(=O)[nH]2)cc1. The largest absolute Gasteiger partial charge is 0.488 e. The summed E-state index contributed by atoms with van der Waals surface area (Å²) in [5.41, 5.74) is 2.24. The van der Waals surface area contributed by atoms with Gasteiger partial charge in [0.1, 0.15) is 17.7 Å². The van der Waals surface area contributed by atoms with Crippen LogP contribution in [0.1, 0.15) is 38.2 Å². The molecule has 2 aliphatic heterocycles. The van der Waals surface area contributed by atoms with Gasteiger partial charge in [0.25, 0.3) is 5.56 Å². The molecule has 1 aromatic heterocycles. The van der Waals surface area contributed by atoms with Crippen LogP contribution in [0, 0.1) is 0 Å². The van der Waals surface area contributed by atoms with Gasteiger partial charge in [0, 0.05) is 50.6 Å². The maximum atomic E-state index is 12.6. The van der Waals surface area contributed by atoms with Crippen molar-refractivity contribution < 1.29 is 14.2 Å². The second-order valence-corrected chi connectivity index (χ2v) is 9.12. The third kappa shape index (κ3) is 6.51. The average molecular weight is 456 g/mol. The number of nitrogens with zero attached hydrogens (tertiary/aromatic N) is 2. The fourth-order valence-corrected chi connectivity index (χ4v) is 4.86. The van der Waals surface area contributed by atoms with Crippen molar-refractivity contribution in [3.63, 3.8) is 0 Å². The third-order valence-corrected chi connectivity index (χ3v) is 6.51. The van der Waals surface area contributed by atoms with Gasteiger partial charge in [-0.25, -0.2) is 0 Å². The van der Waals surface area contributed by atoms with E-state index in [1.165, 1.54) is 18.4 Å². The van der Waals surface area contributed by atoms with E-state index in [4.69, 9.17) is 14.2 Å². The highest BCUT2D eigenvalue weighted by Crippen LogP contribution is 2.28. The number of pyridine rings is 1. The molecule has 7 nitrogen and oxygen atoms in total. The van der Waals surface area contributed by atoms with Gasteiger partial charge in [0.15, 0.2) is 0 Å². The Hall–Kier alpha value is -2.51. The number of anilines is 2. The fourth-order valence-electron chi connectivity index (χ4n) is 4.86. The fraction of sp³-hybridized carbons (Fsp3) is 0.577. The Balaban J connectivity index is 1.50. The minimum Gasteiger partial charge on any atom is -0.488 e. The van der Waals surface area contributed by atoms with E-state index in [9.17, 15) is 4.79 Å². The van der Waals surface area contributed by atoms with Crippen molar-refractivity contribution in [1.82, 2.24) is 4.98 Å². The normalized spacial score (nSPS) is 20.4. The van der Waals surface area contributed by atoms with E-state index in [1.54, 1.807) is 13.2 Å². The topological polar surface area (TPSA) is 67.0 Å². The Kier molecular flexibility index (Phi) is 8.29. The van der Waals surface area contributed by atoms with E-state index in [-0.39, 0.29) is 11.7 Å². The number of hydrogen-bond acceptors (Lipinski definition) is 6. The number of hydrogen-bond donors (Lipinski definition) is 1. The van der Waals surface area contributed by atoms with E-state index < -0.39 is 0 Å². The zero-order chi connectivity index (χ0) is 23.0. The zero-order valence-electron chi connectivity index (χ0n) is 19.9. The Bertz CT molecular complexity index is 924. The van der Waals surface area contributed by atoms with Crippen LogP contribution in [0.25, 0.3) is 0 Å². The highest BCUT2D eigenvalue weighted by atomic mass is 16.5. The zero-order valence-corrected chi connectivity index (χ0v) is 19.9. The van der Waals surface area contributed by atoms with E-state index in [0.717, 1.165) is 56.2 Å². The number of rotatable bonds is 8. The molecule has 2 atom stereocenters. The predicted octanol–water partition coefficient (Wildman–Crippen LogP) is 3.62. The molecule has 2 fully saturated rings. The van der Waals surface area contributed by atoms with Crippen LogP contribution in [0.5, 0.6) is 5.75 Å². The molecule has 33 heavy (non-hydrogen) atoms. The van der Waals surface area contributed by atoms with Crippen LogP contribution in [-0.4, -0.2) is 63.7 Å². The molecule has 0 spiro atoms. The monoisotopic (exact) mass is 455 g/mol. The van der Waals surface area contributed by atoms with Gasteiger partial charge in [-0.2, -0.15) is 0 Å². The molecule has 0 radical (unpaired) electrons. The lowest BCUT2D eigenvalue weighted by Gasteiger charge is -2.34. The molecule has 0 bridgehead atoms. The lowest BCUT2D eigenvalue weighted by molar-refractivity contribution is 0.0921. The Labute approximate surface area is 196 Å². The first-order valence-corrected chi connectivity index (χ1v) is 12.2. The summed E-state index contributed by atoms with van der Waals surface area (Å²) < 4.78 is 16.5. The van der Waals surface area contributed by atoms with Gasteiger partial charge in [-0.1, -0.05) is 25.0 Å². The number of aromatic amines is 1. The Morgan fingerprint density at radius 1 is 1.09 bits per heavy atom. The number of aromatic nitrogens is 1. The van der Waals surface area contributed by atoms with E-state index in [2.05, 4.69) is 33.0 Å². The maximum absolute atomic E-state index is 12.6. The van der Waals surface area contributed by atoms with E-state index in [0.29, 0.717) is 25.9 Å². The first kappa shape index (κ1) is 23.6. The van der Waals surface area contributed by atoms with Crippen LogP contribution in [0.3, 0.4) is 0 Å². The molecule has 2 aromatic rings. The summed E-state index contributed by atoms with van der Waals surface area (Å²) in [4.78, 5) is 20.3. The molecular weight excluding hydrogens is 418 g/mol. The molecule has 7 heteroatoms. The second kappa shape index (κ2) is 11.6. The summed E-state index contributed by atoms with van der Waals surface area (Å²) in [6.45, 7) is 6.60. The molecule has 1 aromatic carbocycles.